The first-order chi connectivity index (χ1) is 6.86. The molecule has 1 aromatic heterocycles. The van der Waals surface area contributed by atoms with E-state index in [9.17, 15) is 0 Å². The number of hydrogen-bond donors (Lipinski definition) is 1. The van der Waals surface area contributed by atoms with Crippen LogP contribution in [0, 0.1) is 0 Å². The van der Waals surface area contributed by atoms with E-state index in [0.717, 1.165) is 17.6 Å². The van der Waals surface area contributed by atoms with Crippen LogP contribution in [-0.4, -0.2) is 21.0 Å². The Morgan fingerprint density at radius 3 is 3.00 bits per heavy atom. The molecule has 2 rings (SSSR count). The van der Waals surface area contributed by atoms with Gasteiger partial charge in [0.2, 0.25) is 0 Å². The molecule has 0 aliphatic heterocycles. The SMILES string of the molecule is CCn1c(/C=N\O)nc2ccccc21. The number of rotatable bonds is 2. The van der Waals surface area contributed by atoms with Crippen molar-refractivity contribution in [2.75, 3.05) is 0 Å². The Balaban J connectivity index is 2.72. The number of para-hydroxylation sites is 2. The average Bonchev–Trinajstić information content (AvgIpc) is 2.55. The molecule has 1 aromatic carbocycles. The van der Waals surface area contributed by atoms with E-state index in [1.165, 1.54) is 6.21 Å². The van der Waals surface area contributed by atoms with Gasteiger partial charge in [-0.1, -0.05) is 17.3 Å². The number of nitrogens with zero attached hydrogens (tertiary/aromatic N) is 3. The Bertz CT molecular complexity index is 473. The third-order valence-electron chi connectivity index (χ3n) is 2.17. The Hall–Kier alpha value is -1.84. The van der Waals surface area contributed by atoms with Crippen LogP contribution in [0.15, 0.2) is 29.4 Å². The molecule has 0 saturated heterocycles. The van der Waals surface area contributed by atoms with Gasteiger partial charge in [0.15, 0.2) is 5.82 Å². The number of benzene rings is 1. The number of aryl methyl sites for hydroxylation is 1. The Kier molecular flexibility index (Phi) is 2.18. The van der Waals surface area contributed by atoms with E-state index in [1.54, 1.807) is 0 Å². The summed E-state index contributed by atoms with van der Waals surface area (Å²) in [5, 5.41) is 11.5. The molecular weight excluding hydrogens is 178 g/mol. The quantitative estimate of drug-likeness (QED) is 0.445. The molecule has 1 N–H and O–H groups in total. The van der Waals surface area contributed by atoms with E-state index >= 15 is 0 Å². The minimum absolute atomic E-state index is 0.677. The Labute approximate surface area is 81.5 Å². The summed E-state index contributed by atoms with van der Waals surface area (Å²) in [4.78, 5) is 4.33. The van der Waals surface area contributed by atoms with Crippen molar-refractivity contribution in [3.05, 3.63) is 30.1 Å². The summed E-state index contributed by atoms with van der Waals surface area (Å²) >= 11 is 0. The number of aromatic nitrogens is 2. The number of oxime groups is 1. The smallest absolute Gasteiger partial charge is 0.155 e. The minimum Gasteiger partial charge on any atom is -0.411 e. The van der Waals surface area contributed by atoms with Crippen LogP contribution in [0.25, 0.3) is 11.0 Å². The largest absolute Gasteiger partial charge is 0.411 e. The molecule has 0 aliphatic rings. The summed E-state index contributed by atoms with van der Waals surface area (Å²) in [6.45, 7) is 2.84. The topological polar surface area (TPSA) is 50.4 Å². The van der Waals surface area contributed by atoms with Crippen LogP contribution in [0.5, 0.6) is 0 Å². The van der Waals surface area contributed by atoms with Crippen LogP contribution >= 0.6 is 0 Å². The Morgan fingerprint density at radius 2 is 2.29 bits per heavy atom. The Morgan fingerprint density at radius 1 is 1.50 bits per heavy atom. The lowest BCUT2D eigenvalue weighted by Gasteiger charge is -2.00. The van der Waals surface area contributed by atoms with Gasteiger partial charge < -0.3 is 9.77 Å². The summed E-state index contributed by atoms with van der Waals surface area (Å²) in [5.74, 6) is 0.677. The maximum Gasteiger partial charge on any atom is 0.155 e. The molecule has 0 saturated carbocycles. The van der Waals surface area contributed by atoms with Crippen molar-refractivity contribution in [2.45, 2.75) is 13.5 Å². The molecular formula is C10H11N3O. The van der Waals surface area contributed by atoms with Gasteiger partial charge >= 0.3 is 0 Å². The van der Waals surface area contributed by atoms with Gasteiger partial charge in [0, 0.05) is 6.54 Å². The molecule has 0 amide bonds. The van der Waals surface area contributed by atoms with Gasteiger partial charge in [0.05, 0.1) is 11.0 Å². The van der Waals surface area contributed by atoms with Crippen molar-refractivity contribution in [3.8, 4) is 0 Å². The van der Waals surface area contributed by atoms with Crippen molar-refractivity contribution in [3.63, 3.8) is 0 Å². The van der Waals surface area contributed by atoms with Crippen LogP contribution in [0.1, 0.15) is 12.7 Å². The second-order valence-corrected chi connectivity index (χ2v) is 2.95. The van der Waals surface area contributed by atoms with Crippen molar-refractivity contribution >= 4 is 17.2 Å². The van der Waals surface area contributed by atoms with E-state index < -0.39 is 0 Å². The number of hydrogen-bond acceptors (Lipinski definition) is 3. The van der Waals surface area contributed by atoms with Crippen LogP contribution in [-0.2, 0) is 6.54 Å². The standard InChI is InChI=1S/C10H11N3O/c1-2-13-9-6-4-3-5-8(9)12-10(13)7-11-14/h3-7,14H,2H2,1H3/b11-7-. The van der Waals surface area contributed by atoms with E-state index in [0.29, 0.717) is 5.82 Å². The molecule has 14 heavy (non-hydrogen) atoms. The molecule has 0 bridgehead atoms. The zero-order valence-electron chi connectivity index (χ0n) is 7.88. The highest BCUT2D eigenvalue weighted by Crippen LogP contribution is 2.14. The molecule has 72 valence electrons. The highest BCUT2D eigenvalue weighted by molar-refractivity contribution is 5.84. The van der Waals surface area contributed by atoms with Gasteiger partial charge in [-0.25, -0.2) is 4.98 Å². The highest BCUT2D eigenvalue weighted by atomic mass is 16.4. The molecule has 0 aliphatic carbocycles. The summed E-state index contributed by atoms with van der Waals surface area (Å²) in [6.07, 6.45) is 1.35. The zero-order chi connectivity index (χ0) is 9.97. The van der Waals surface area contributed by atoms with E-state index in [4.69, 9.17) is 5.21 Å². The first-order valence-corrected chi connectivity index (χ1v) is 4.49. The second-order valence-electron chi connectivity index (χ2n) is 2.95. The average molecular weight is 189 g/mol. The first-order valence-electron chi connectivity index (χ1n) is 4.49. The van der Waals surface area contributed by atoms with Crippen LogP contribution in [0.3, 0.4) is 0 Å². The fraction of sp³-hybridized carbons (Fsp3) is 0.200. The molecule has 0 atom stereocenters. The van der Waals surface area contributed by atoms with Gasteiger partial charge in [-0.3, -0.25) is 0 Å². The van der Waals surface area contributed by atoms with Gasteiger partial charge in [-0.05, 0) is 19.1 Å². The molecule has 0 radical (unpaired) electrons. The zero-order valence-corrected chi connectivity index (χ0v) is 7.88. The third-order valence-corrected chi connectivity index (χ3v) is 2.17. The molecule has 0 fully saturated rings. The van der Waals surface area contributed by atoms with Crippen LogP contribution < -0.4 is 0 Å². The normalized spacial score (nSPS) is 11.5. The summed E-state index contributed by atoms with van der Waals surface area (Å²) in [6, 6.07) is 7.85. The fourth-order valence-corrected chi connectivity index (χ4v) is 1.58. The molecule has 0 unspecified atom stereocenters. The van der Waals surface area contributed by atoms with E-state index in [2.05, 4.69) is 10.1 Å². The number of imidazole rings is 1. The molecule has 1 heterocycles. The predicted octanol–water partition coefficient (Wildman–Crippen LogP) is 1.86. The number of fused-ring (bicyclic) bond motifs is 1. The van der Waals surface area contributed by atoms with Crippen LogP contribution in [0.2, 0.25) is 0 Å². The van der Waals surface area contributed by atoms with Gasteiger partial charge in [-0.15, -0.1) is 0 Å². The lowest BCUT2D eigenvalue weighted by atomic mass is 10.3. The molecule has 2 aromatic rings. The van der Waals surface area contributed by atoms with Crippen molar-refractivity contribution in [1.82, 2.24) is 9.55 Å². The molecule has 0 spiro atoms. The molecule has 4 nitrogen and oxygen atoms in total. The van der Waals surface area contributed by atoms with Crippen molar-refractivity contribution in [1.29, 1.82) is 0 Å². The maximum absolute atomic E-state index is 8.48. The second kappa shape index (κ2) is 3.49. The summed E-state index contributed by atoms with van der Waals surface area (Å²) in [7, 11) is 0. The molecule has 4 heteroatoms. The first kappa shape index (κ1) is 8.74. The maximum atomic E-state index is 8.48. The van der Waals surface area contributed by atoms with Crippen LogP contribution in [0.4, 0.5) is 0 Å². The lowest BCUT2D eigenvalue weighted by Crippen LogP contribution is -2.00. The van der Waals surface area contributed by atoms with E-state index in [-0.39, 0.29) is 0 Å². The van der Waals surface area contributed by atoms with Gasteiger partial charge in [0.25, 0.3) is 0 Å². The van der Waals surface area contributed by atoms with Gasteiger partial charge in [-0.2, -0.15) is 0 Å². The summed E-state index contributed by atoms with van der Waals surface area (Å²) in [5.41, 5.74) is 1.98. The van der Waals surface area contributed by atoms with Crippen molar-refractivity contribution < 1.29 is 5.21 Å². The summed E-state index contributed by atoms with van der Waals surface area (Å²) < 4.78 is 2.00. The van der Waals surface area contributed by atoms with Crippen molar-refractivity contribution in [2.24, 2.45) is 5.16 Å². The van der Waals surface area contributed by atoms with E-state index in [1.807, 2.05) is 35.8 Å². The third kappa shape index (κ3) is 1.25. The highest BCUT2D eigenvalue weighted by Gasteiger charge is 2.05. The minimum atomic E-state index is 0.677. The van der Waals surface area contributed by atoms with Gasteiger partial charge in [0.1, 0.15) is 6.21 Å². The lowest BCUT2D eigenvalue weighted by molar-refractivity contribution is 0.321. The monoisotopic (exact) mass is 189 g/mol. The predicted molar refractivity (Wildman–Crippen MR) is 54.8 cm³/mol. The fourth-order valence-electron chi connectivity index (χ4n) is 1.58.